The van der Waals surface area contributed by atoms with Gasteiger partial charge in [-0.05, 0) is 12.1 Å². The van der Waals surface area contributed by atoms with Gasteiger partial charge in [-0.3, -0.25) is 0 Å². The molecule has 0 saturated carbocycles. The average molecular weight is 331 g/mol. The summed E-state index contributed by atoms with van der Waals surface area (Å²) in [6, 6.07) is 3.95. The van der Waals surface area contributed by atoms with Gasteiger partial charge in [-0.2, -0.15) is 0 Å². The molecule has 0 radical (unpaired) electrons. The zero-order valence-corrected chi connectivity index (χ0v) is 14.5. The number of hydrogen-bond acceptors (Lipinski definition) is 5. The number of halogens is 1. The molecule has 20 heavy (non-hydrogen) atoms. The van der Waals surface area contributed by atoms with E-state index in [4.69, 9.17) is 16.6 Å². The van der Waals surface area contributed by atoms with E-state index in [-0.39, 0.29) is 12.0 Å². The normalized spacial score (nSPS) is 11.9. The predicted octanol–water partition coefficient (Wildman–Crippen LogP) is 4.28. The van der Waals surface area contributed by atoms with Crippen molar-refractivity contribution in [3.8, 4) is 0 Å². The number of hydrogen-bond donors (Lipinski definition) is 1. The predicted molar refractivity (Wildman–Crippen MR) is 88.2 cm³/mol. The van der Waals surface area contributed by atoms with Gasteiger partial charge in [0.05, 0.1) is 28.1 Å². The molecular weight excluding hydrogens is 312 g/mol. The number of aromatic nitrogens is 1. The van der Waals surface area contributed by atoms with E-state index < -0.39 is 0 Å². The lowest BCUT2D eigenvalue weighted by atomic mass is 9.91. The molecule has 1 N–H and O–H groups in total. The van der Waals surface area contributed by atoms with Crippen LogP contribution in [0.4, 0.5) is 5.13 Å². The summed E-state index contributed by atoms with van der Waals surface area (Å²) in [6.45, 7) is 7.17. The highest BCUT2D eigenvalue weighted by molar-refractivity contribution is 7.16. The van der Waals surface area contributed by atoms with E-state index in [0.29, 0.717) is 0 Å². The molecule has 2 aromatic rings. The Morgan fingerprint density at radius 2 is 2.00 bits per heavy atom. The van der Waals surface area contributed by atoms with Gasteiger partial charge in [0, 0.05) is 17.3 Å². The third kappa shape index (κ3) is 3.52. The van der Waals surface area contributed by atoms with E-state index >= 15 is 0 Å². The molecule has 0 amide bonds. The van der Waals surface area contributed by atoms with E-state index in [1.165, 1.54) is 4.88 Å². The second-order valence-electron chi connectivity index (χ2n) is 5.74. The minimum absolute atomic E-state index is 0.0446. The summed E-state index contributed by atoms with van der Waals surface area (Å²) in [5.74, 6) is 0. The van der Waals surface area contributed by atoms with E-state index in [9.17, 15) is 5.11 Å². The molecule has 0 unspecified atom stereocenters. The van der Waals surface area contributed by atoms with Gasteiger partial charge in [-0.15, -0.1) is 11.3 Å². The topological polar surface area (TPSA) is 36.4 Å². The summed E-state index contributed by atoms with van der Waals surface area (Å²) in [5.41, 5.74) is 0.927. The first-order valence-electron chi connectivity index (χ1n) is 6.37. The molecule has 0 spiro atoms. The van der Waals surface area contributed by atoms with Gasteiger partial charge in [0.25, 0.3) is 0 Å². The molecule has 0 aromatic carbocycles. The van der Waals surface area contributed by atoms with Gasteiger partial charge in [0.1, 0.15) is 0 Å². The highest BCUT2D eigenvalue weighted by Gasteiger charge is 2.24. The van der Waals surface area contributed by atoms with Crippen LogP contribution in [0.15, 0.2) is 12.1 Å². The highest BCUT2D eigenvalue weighted by atomic mass is 35.5. The Morgan fingerprint density at radius 3 is 2.45 bits per heavy atom. The first kappa shape index (κ1) is 15.8. The summed E-state index contributed by atoms with van der Waals surface area (Å²) >= 11 is 9.10. The van der Waals surface area contributed by atoms with Gasteiger partial charge >= 0.3 is 0 Å². The first-order chi connectivity index (χ1) is 9.31. The van der Waals surface area contributed by atoms with Crippen LogP contribution in [0.5, 0.6) is 0 Å². The van der Waals surface area contributed by atoms with Gasteiger partial charge < -0.3 is 10.0 Å². The number of thiophene rings is 1. The Morgan fingerprint density at radius 1 is 1.30 bits per heavy atom. The molecule has 0 saturated heterocycles. The van der Waals surface area contributed by atoms with Crippen molar-refractivity contribution in [3.05, 3.63) is 31.9 Å². The lowest BCUT2D eigenvalue weighted by molar-refractivity contribution is 0.282. The Kier molecular flexibility index (Phi) is 4.74. The van der Waals surface area contributed by atoms with Crippen LogP contribution in [0.3, 0.4) is 0 Å². The van der Waals surface area contributed by atoms with Crippen molar-refractivity contribution in [3.63, 3.8) is 0 Å². The van der Waals surface area contributed by atoms with Crippen LogP contribution in [0.2, 0.25) is 4.34 Å². The largest absolute Gasteiger partial charge is 0.391 e. The zero-order chi connectivity index (χ0) is 14.9. The van der Waals surface area contributed by atoms with Gasteiger partial charge in [-0.25, -0.2) is 4.98 Å². The first-order valence-corrected chi connectivity index (χ1v) is 8.38. The van der Waals surface area contributed by atoms with Crippen LogP contribution in [-0.4, -0.2) is 17.1 Å². The summed E-state index contributed by atoms with van der Waals surface area (Å²) in [4.78, 5) is 8.96. The quantitative estimate of drug-likeness (QED) is 0.908. The summed E-state index contributed by atoms with van der Waals surface area (Å²) in [7, 11) is 2.01. The number of anilines is 1. The lowest BCUT2D eigenvalue weighted by Crippen LogP contribution is -2.17. The van der Waals surface area contributed by atoms with Crippen LogP contribution >= 0.6 is 34.3 Å². The standard InChI is InChI=1S/C14H19ClN2OS2/c1-14(2,3)12-10(8-18)20-13(16-12)17(4)7-9-5-6-11(15)19-9/h5-6,18H,7-8H2,1-4H3. The Balaban J connectivity index is 2.22. The van der Waals surface area contributed by atoms with E-state index in [2.05, 4.69) is 25.7 Å². The maximum atomic E-state index is 9.51. The smallest absolute Gasteiger partial charge is 0.185 e. The van der Waals surface area contributed by atoms with Crippen LogP contribution in [0.25, 0.3) is 0 Å². The molecule has 0 aliphatic rings. The van der Waals surface area contributed by atoms with Crippen molar-refractivity contribution < 1.29 is 5.11 Å². The molecule has 0 atom stereocenters. The maximum absolute atomic E-state index is 9.51. The molecule has 2 heterocycles. The van der Waals surface area contributed by atoms with Crippen LogP contribution < -0.4 is 4.90 Å². The lowest BCUT2D eigenvalue weighted by Gasteiger charge is -2.17. The van der Waals surface area contributed by atoms with Crippen LogP contribution in [-0.2, 0) is 18.6 Å². The van der Waals surface area contributed by atoms with Crippen LogP contribution in [0.1, 0.15) is 36.2 Å². The van der Waals surface area contributed by atoms with Crippen LogP contribution in [0, 0.1) is 0 Å². The molecule has 0 fully saturated rings. The molecular formula is C14H19ClN2OS2. The number of nitrogens with zero attached hydrogens (tertiary/aromatic N) is 2. The summed E-state index contributed by atoms with van der Waals surface area (Å²) < 4.78 is 0.805. The molecule has 2 aromatic heterocycles. The van der Waals surface area contributed by atoms with Gasteiger partial charge in [0.2, 0.25) is 0 Å². The summed E-state index contributed by atoms with van der Waals surface area (Å²) in [6.07, 6.45) is 0. The fraction of sp³-hybridized carbons (Fsp3) is 0.500. The molecule has 2 rings (SSSR count). The number of aliphatic hydroxyl groups is 1. The van der Waals surface area contributed by atoms with Gasteiger partial charge in [0.15, 0.2) is 5.13 Å². The third-order valence-corrected chi connectivity index (χ3v) is 5.26. The van der Waals surface area contributed by atoms with Crippen molar-refractivity contribution >= 4 is 39.4 Å². The Hall–Kier alpha value is -0.620. The van der Waals surface area contributed by atoms with Crippen molar-refractivity contribution in [1.29, 1.82) is 0 Å². The third-order valence-electron chi connectivity index (χ3n) is 2.89. The molecule has 0 aliphatic heterocycles. The van der Waals surface area contributed by atoms with E-state index in [1.807, 2.05) is 19.2 Å². The zero-order valence-electron chi connectivity index (χ0n) is 12.1. The SMILES string of the molecule is CN(Cc1ccc(Cl)s1)c1nc(C(C)(C)C)c(CO)s1. The van der Waals surface area contributed by atoms with Crippen molar-refractivity contribution in [1.82, 2.24) is 4.98 Å². The number of rotatable bonds is 4. The van der Waals surface area contributed by atoms with Crippen molar-refractivity contribution in [2.24, 2.45) is 0 Å². The highest BCUT2D eigenvalue weighted by Crippen LogP contribution is 2.34. The fourth-order valence-corrected chi connectivity index (χ4v) is 4.17. The van der Waals surface area contributed by atoms with Gasteiger partial charge in [-0.1, -0.05) is 43.7 Å². The fourth-order valence-electron chi connectivity index (χ4n) is 1.93. The molecule has 3 nitrogen and oxygen atoms in total. The second-order valence-corrected chi connectivity index (χ2v) is 8.60. The molecule has 110 valence electrons. The van der Waals surface area contributed by atoms with E-state index in [1.54, 1.807) is 22.7 Å². The second kappa shape index (κ2) is 6.02. The average Bonchev–Trinajstić information content (AvgIpc) is 2.94. The molecule has 0 aliphatic carbocycles. The number of thiazole rings is 1. The van der Waals surface area contributed by atoms with Crippen molar-refractivity contribution in [2.45, 2.75) is 39.3 Å². The van der Waals surface area contributed by atoms with Crippen molar-refractivity contribution in [2.75, 3.05) is 11.9 Å². The monoisotopic (exact) mass is 330 g/mol. The molecule has 0 bridgehead atoms. The molecule has 6 heteroatoms. The minimum Gasteiger partial charge on any atom is -0.391 e. The number of aliphatic hydroxyl groups excluding tert-OH is 1. The summed E-state index contributed by atoms with van der Waals surface area (Å²) in [5, 5.41) is 10.4. The Bertz CT molecular complexity index is 586. The maximum Gasteiger partial charge on any atom is 0.185 e. The minimum atomic E-state index is -0.0557. The Labute approximate surface area is 132 Å². The van der Waals surface area contributed by atoms with E-state index in [0.717, 1.165) is 26.6 Å².